The lowest BCUT2D eigenvalue weighted by molar-refractivity contribution is -0.392. The molecule has 0 bridgehead atoms. The number of aryl methyl sites for hydroxylation is 1. The molecule has 0 aromatic heterocycles. The number of hydrogen-bond donors (Lipinski definition) is 1. The molecule has 0 spiro atoms. The predicted octanol–water partition coefficient (Wildman–Crippen LogP) is 3.33. The molecule has 1 N–H and O–H groups in total. The van der Waals surface area contributed by atoms with Gasteiger partial charge in [0.2, 0.25) is 0 Å². The van der Waals surface area contributed by atoms with E-state index >= 15 is 0 Å². The monoisotopic (exact) mass is 267 g/mol. The van der Waals surface area contributed by atoms with Crippen LogP contribution in [0.25, 0.3) is 0 Å². The molecule has 7 heteroatoms. The minimum absolute atomic E-state index is 0.00606. The minimum Gasteiger partial charge on any atom is -0.374 e. The highest BCUT2D eigenvalue weighted by Crippen LogP contribution is 2.38. The molecule has 0 aliphatic rings. The Morgan fingerprint density at radius 3 is 2.32 bits per heavy atom. The van der Waals surface area contributed by atoms with Gasteiger partial charge in [-0.2, -0.15) is 0 Å². The van der Waals surface area contributed by atoms with Crippen molar-refractivity contribution in [2.24, 2.45) is 0 Å². The van der Waals surface area contributed by atoms with Crippen LogP contribution in [0.3, 0.4) is 0 Å². The average Bonchev–Trinajstić information content (AvgIpc) is 2.32. The quantitative estimate of drug-likeness (QED) is 0.484. The SMILES string of the molecule is CCCCNc1c([N+](=O)[O-])cc(C)c(C)c1[N+](=O)[O-]. The van der Waals surface area contributed by atoms with Crippen molar-refractivity contribution in [2.75, 3.05) is 11.9 Å². The van der Waals surface area contributed by atoms with Crippen LogP contribution in [0.5, 0.6) is 0 Å². The van der Waals surface area contributed by atoms with Gasteiger partial charge in [0.1, 0.15) is 0 Å². The summed E-state index contributed by atoms with van der Waals surface area (Å²) < 4.78 is 0. The number of nitrogens with one attached hydrogen (secondary N) is 1. The number of unbranched alkanes of at least 4 members (excludes halogenated alkanes) is 1. The number of anilines is 1. The van der Waals surface area contributed by atoms with Crippen molar-refractivity contribution in [1.82, 2.24) is 0 Å². The minimum atomic E-state index is -0.590. The van der Waals surface area contributed by atoms with Crippen LogP contribution in [0.1, 0.15) is 30.9 Å². The molecule has 0 atom stereocenters. The molecular weight excluding hydrogens is 250 g/mol. The lowest BCUT2D eigenvalue weighted by atomic mass is 10.0. The Kier molecular flexibility index (Phi) is 4.80. The molecule has 0 radical (unpaired) electrons. The first-order valence-corrected chi connectivity index (χ1v) is 6.07. The maximum absolute atomic E-state index is 11.1. The van der Waals surface area contributed by atoms with Crippen molar-refractivity contribution in [3.05, 3.63) is 37.4 Å². The molecule has 0 fully saturated rings. The fourth-order valence-corrected chi connectivity index (χ4v) is 1.82. The average molecular weight is 267 g/mol. The number of nitro groups is 2. The van der Waals surface area contributed by atoms with Gasteiger partial charge in [-0.25, -0.2) is 0 Å². The van der Waals surface area contributed by atoms with Gasteiger partial charge in [-0.05, 0) is 25.8 Å². The third kappa shape index (κ3) is 3.18. The van der Waals surface area contributed by atoms with Crippen LogP contribution >= 0.6 is 0 Å². The highest BCUT2D eigenvalue weighted by molar-refractivity contribution is 5.77. The smallest absolute Gasteiger partial charge is 0.302 e. The van der Waals surface area contributed by atoms with Crippen molar-refractivity contribution in [1.29, 1.82) is 0 Å². The van der Waals surface area contributed by atoms with Crippen LogP contribution in [0.15, 0.2) is 6.07 Å². The van der Waals surface area contributed by atoms with Crippen molar-refractivity contribution in [2.45, 2.75) is 33.6 Å². The molecule has 0 saturated heterocycles. The number of nitro benzene ring substituents is 2. The summed E-state index contributed by atoms with van der Waals surface area (Å²) in [5.41, 5.74) is 0.550. The van der Waals surface area contributed by atoms with Crippen LogP contribution < -0.4 is 5.32 Å². The normalized spacial score (nSPS) is 10.3. The molecule has 0 aliphatic carbocycles. The van der Waals surface area contributed by atoms with E-state index in [-0.39, 0.29) is 17.1 Å². The summed E-state index contributed by atoms with van der Waals surface area (Å²) in [6.07, 6.45) is 1.70. The van der Waals surface area contributed by atoms with Gasteiger partial charge in [0.25, 0.3) is 5.69 Å². The van der Waals surface area contributed by atoms with E-state index in [0.29, 0.717) is 17.7 Å². The molecule has 1 rings (SSSR count). The lowest BCUT2D eigenvalue weighted by Gasteiger charge is -2.10. The molecule has 19 heavy (non-hydrogen) atoms. The molecule has 104 valence electrons. The largest absolute Gasteiger partial charge is 0.374 e. The predicted molar refractivity (Wildman–Crippen MR) is 72.6 cm³/mol. The first-order valence-electron chi connectivity index (χ1n) is 6.07. The summed E-state index contributed by atoms with van der Waals surface area (Å²) in [5.74, 6) is 0. The van der Waals surface area contributed by atoms with Gasteiger partial charge in [0.05, 0.1) is 9.85 Å². The van der Waals surface area contributed by atoms with Gasteiger partial charge in [0.15, 0.2) is 5.69 Å². The number of benzene rings is 1. The van der Waals surface area contributed by atoms with Crippen LogP contribution in [-0.4, -0.2) is 16.4 Å². The maximum atomic E-state index is 11.1. The van der Waals surface area contributed by atoms with E-state index in [1.54, 1.807) is 13.8 Å². The standard InChI is InChI=1S/C12H17N3O4/c1-4-5-6-13-11-10(14(16)17)7-8(2)9(3)12(11)15(18)19/h7,13H,4-6H2,1-3H3. The summed E-state index contributed by atoms with van der Waals surface area (Å²) in [6.45, 7) is 5.68. The van der Waals surface area contributed by atoms with Crippen LogP contribution in [0.2, 0.25) is 0 Å². The van der Waals surface area contributed by atoms with Gasteiger partial charge in [-0.15, -0.1) is 0 Å². The first-order chi connectivity index (χ1) is 8.90. The van der Waals surface area contributed by atoms with Crippen molar-refractivity contribution in [3.63, 3.8) is 0 Å². The summed E-state index contributed by atoms with van der Waals surface area (Å²) in [7, 11) is 0. The molecule has 1 aromatic rings. The molecule has 7 nitrogen and oxygen atoms in total. The zero-order valence-corrected chi connectivity index (χ0v) is 11.2. The highest BCUT2D eigenvalue weighted by Gasteiger charge is 2.28. The summed E-state index contributed by atoms with van der Waals surface area (Å²) in [5, 5.41) is 25.0. The van der Waals surface area contributed by atoms with Gasteiger partial charge in [-0.3, -0.25) is 20.2 Å². The zero-order chi connectivity index (χ0) is 14.6. The zero-order valence-electron chi connectivity index (χ0n) is 11.2. The Labute approximate surface area is 110 Å². The van der Waals surface area contributed by atoms with E-state index in [1.165, 1.54) is 6.07 Å². The second kappa shape index (κ2) is 6.12. The van der Waals surface area contributed by atoms with Crippen molar-refractivity contribution >= 4 is 17.1 Å². The van der Waals surface area contributed by atoms with E-state index < -0.39 is 9.85 Å². The maximum Gasteiger partial charge on any atom is 0.302 e. The number of hydrogen-bond acceptors (Lipinski definition) is 5. The van der Waals surface area contributed by atoms with E-state index in [0.717, 1.165) is 12.8 Å². The van der Waals surface area contributed by atoms with Gasteiger partial charge < -0.3 is 5.32 Å². The third-order valence-corrected chi connectivity index (χ3v) is 3.00. The third-order valence-electron chi connectivity index (χ3n) is 3.00. The van der Waals surface area contributed by atoms with Crippen LogP contribution in [-0.2, 0) is 0 Å². The Morgan fingerprint density at radius 2 is 1.84 bits per heavy atom. The molecule has 0 heterocycles. The summed E-state index contributed by atoms with van der Waals surface area (Å²) in [6, 6.07) is 1.37. The summed E-state index contributed by atoms with van der Waals surface area (Å²) >= 11 is 0. The molecule has 0 unspecified atom stereocenters. The molecule has 0 aliphatic heterocycles. The Balaban J connectivity index is 3.39. The Morgan fingerprint density at radius 1 is 1.21 bits per heavy atom. The fraction of sp³-hybridized carbons (Fsp3) is 0.500. The molecule has 0 saturated carbocycles. The Hall–Kier alpha value is -2.18. The van der Waals surface area contributed by atoms with Crippen LogP contribution in [0.4, 0.5) is 17.1 Å². The van der Waals surface area contributed by atoms with Gasteiger partial charge >= 0.3 is 5.69 Å². The van der Waals surface area contributed by atoms with Crippen molar-refractivity contribution < 1.29 is 9.85 Å². The second-order valence-electron chi connectivity index (χ2n) is 4.36. The van der Waals surface area contributed by atoms with E-state index in [4.69, 9.17) is 0 Å². The van der Waals surface area contributed by atoms with Gasteiger partial charge in [-0.1, -0.05) is 13.3 Å². The molecule has 0 amide bonds. The lowest BCUT2D eigenvalue weighted by Crippen LogP contribution is -2.09. The summed E-state index contributed by atoms with van der Waals surface area (Å²) in [4.78, 5) is 21.0. The fourth-order valence-electron chi connectivity index (χ4n) is 1.82. The first kappa shape index (κ1) is 14.9. The molecule has 1 aromatic carbocycles. The Bertz CT molecular complexity index is 514. The van der Waals surface area contributed by atoms with E-state index in [9.17, 15) is 20.2 Å². The molecular formula is C12H17N3O4. The topological polar surface area (TPSA) is 98.3 Å². The number of rotatable bonds is 6. The van der Waals surface area contributed by atoms with Gasteiger partial charge in [0, 0.05) is 18.2 Å². The van der Waals surface area contributed by atoms with Crippen LogP contribution in [0, 0.1) is 34.1 Å². The van der Waals surface area contributed by atoms with E-state index in [2.05, 4.69) is 5.32 Å². The number of nitrogens with zero attached hydrogens (tertiary/aromatic N) is 2. The van der Waals surface area contributed by atoms with E-state index in [1.807, 2.05) is 6.92 Å². The van der Waals surface area contributed by atoms with Crippen molar-refractivity contribution in [3.8, 4) is 0 Å². The second-order valence-corrected chi connectivity index (χ2v) is 4.36. The highest BCUT2D eigenvalue weighted by atomic mass is 16.6.